The molecule has 0 amide bonds. The van der Waals surface area contributed by atoms with Crippen molar-refractivity contribution < 1.29 is 4.79 Å². The van der Waals surface area contributed by atoms with Crippen molar-refractivity contribution in [2.75, 3.05) is 26.7 Å². The van der Waals surface area contributed by atoms with Crippen molar-refractivity contribution >= 4 is 5.78 Å². The summed E-state index contributed by atoms with van der Waals surface area (Å²) in [5.74, 6) is 0.648. The fourth-order valence-corrected chi connectivity index (χ4v) is 1.65. The minimum absolute atomic E-state index is 0.274. The van der Waals surface area contributed by atoms with Gasteiger partial charge in [-0.1, -0.05) is 13.8 Å². The number of nitrogens with zero attached hydrogens (tertiary/aromatic N) is 1. The molecule has 1 atom stereocenters. The van der Waals surface area contributed by atoms with Crippen LogP contribution in [0.25, 0.3) is 0 Å². The predicted octanol–water partition coefficient (Wildman–Crippen LogP) is 0.505. The lowest BCUT2D eigenvalue weighted by Crippen LogP contribution is -2.33. The zero-order chi connectivity index (χ0) is 9.84. The molecule has 1 rings (SSSR count). The molecule has 1 fully saturated rings. The van der Waals surface area contributed by atoms with Crippen LogP contribution in [0.3, 0.4) is 0 Å². The van der Waals surface area contributed by atoms with E-state index in [1.807, 2.05) is 0 Å². The third-order valence-electron chi connectivity index (χ3n) is 2.53. The molecule has 3 heteroatoms. The molecule has 0 aliphatic carbocycles. The monoisotopic (exact) mass is 184 g/mol. The van der Waals surface area contributed by atoms with Gasteiger partial charge in [0.05, 0.1) is 6.54 Å². The Kier molecular flexibility index (Phi) is 3.88. The Morgan fingerprint density at radius 3 is 2.77 bits per heavy atom. The lowest BCUT2D eigenvalue weighted by molar-refractivity contribution is -0.121. The summed E-state index contributed by atoms with van der Waals surface area (Å²) >= 11 is 0. The highest BCUT2D eigenvalue weighted by atomic mass is 16.1. The molecule has 0 aromatic rings. The van der Waals surface area contributed by atoms with Gasteiger partial charge < -0.3 is 10.2 Å². The van der Waals surface area contributed by atoms with Gasteiger partial charge >= 0.3 is 0 Å². The Labute approximate surface area is 80.5 Å². The molecule has 1 N–H and O–H groups in total. The quantitative estimate of drug-likeness (QED) is 0.691. The number of Topliss-reactive ketones (excluding diaryl/α,β-unsaturated/α-hetero) is 1. The van der Waals surface area contributed by atoms with Gasteiger partial charge in [0.2, 0.25) is 0 Å². The summed E-state index contributed by atoms with van der Waals surface area (Å²) in [4.78, 5) is 13.8. The maximum Gasteiger partial charge on any atom is 0.151 e. The first kappa shape index (κ1) is 10.7. The summed E-state index contributed by atoms with van der Waals surface area (Å²) in [6, 6.07) is 0.406. The van der Waals surface area contributed by atoms with Crippen molar-refractivity contribution in [2.45, 2.75) is 26.3 Å². The first-order chi connectivity index (χ1) is 6.09. The van der Waals surface area contributed by atoms with Crippen molar-refractivity contribution in [1.82, 2.24) is 10.2 Å². The van der Waals surface area contributed by atoms with E-state index in [2.05, 4.69) is 31.1 Å². The topological polar surface area (TPSA) is 32.3 Å². The average Bonchev–Trinajstić information content (AvgIpc) is 2.47. The summed E-state index contributed by atoms with van der Waals surface area (Å²) < 4.78 is 0. The predicted molar refractivity (Wildman–Crippen MR) is 53.7 cm³/mol. The maximum absolute atomic E-state index is 11.6. The Hall–Kier alpha value is -0.410. The molecule has 0 aromatic carbocycles. The van der Waals surface area contributed by atoms with Gasteiger partial charge in [0.25, 0.3) is 0 Å². The number of carbonyl (C=O) groups excluding carboxylic acids is 1. The first-order valence-corrected chi connectivity index (χ1v) is 5.04. The molecule has 3 nitrogen and oxygen atoms in total. The van der Waals surface area contributed by atoms with Crippen LogP contribution in [0.2, 0.25) is 0 Å². The molecule has 0 spiro atoms. The van der Waals surface area contributed by atoms with E-state index in [4.69, 9.17) is 0 Å². The summed E-state index contributed by atoms with van der Waals surface area (Å²) in [5, 5.41) is 3.17. The Balaban J connectivity index is 2.24. The second kappa shape index (κ2) is 4.72. The molecule has 1 aliphatic rings. The molecule has 1 heterocycles. The molecule has 76 valence electrons. The highest BCUT2D eigenvalue weighted by molar-refractivity contribution is 5.83. The summed E-state index contributed by atoms with van der Waals surface area (Å²) in [6.45, 7) is 6.68. The molecule has 1 saturated heterocycles. The molecular formula is C10H20N2O. The summed E-state index contributed by atoms with van der Waals surface area (Å²) in [6.07, 6.45) is 1.04. The summed E-state index contributed by atoms with van der Waals surface area (Å²) in [7, 11) is 2.07. The van der Waals surface area contributed by atoms with E-state index in [1.54, 1.807) is 0 Å². The van der Waals surface area contributed by atoms with Gasteiger partial charge in [-0.15, -0.1) is 0 Å². The van der Waals surface area contributed by atoms with E-state index in [0.717, 1.165) is 19.5 Å². The van der Waals surface area contributed by atoms with Gasteiger partial charge in [0.1, 0.15) is 0 Å². The van der Waals surface area contributed by atoms with Gasteiger partial charge in [-0.05, 0) is 20.0 Å². The van der Waals surface area contributed by atoms with Crippen molar-refractivity contribution in [3.05, 3.63) is 0 Å². The first-order valence-electron chi connectivity index (χ1n) is 5.04. The molecule has 1 aliphatic heterocycles. The van der Waals surface area contributed by atoms with Gasteiger partial charge in [0.15, 0.2) is 5.78 Å². The lowest BCUT2D eigenvalue weighted by atomic mass is 10.0. The van der Waals surface area contributed by atoms with Gasteiger partial charge in [-0.25, -0.2) is 0 Å². The van der Waals surface area contributed by atoms with Crippen LogP contribution in [0.4, 0.5) is 0 Å². The zero-order valence-electron chi connectivity index (χ0n) is 8.84. The van der Waals surface area contributed by atoms with Gasteiger partial charge in [-0.2, -0.15) is 0 Å². The minimum atomic E-state index is 0.274. The molecule has 0 bridgehead atoms. The average molecular weight is 184 g/mol. The number of likely N-dealkylation sites (tertiary alicyclic amines) is 1. The van der Waals surface area contributed by atoms with E-state index in [-0.39, 0.29) is 5.92 Å². The molecular weight excluding hydrogens is 164 g/mol. The number of rotatable bonds is 4. The highest BCUT2D eigenvalue weighted by Crippen LogP contribution is 2.14. The van der Waals surface area contributed by atoms with Crippen molar-refractivity contribution in [2.24, 2.45) is 5.92 Å². The maximum atomic E-state index is 11.6. The second-order valence-electron chi connectivity index (χ2n) is 4.25. The zero-order valence-corrected chi connectivity index (χ0v) is 8.84. The van der Waals surface area contributed by atoms with Gasteiger partial charge in [-0.3, -0.25) is 4.79 Å². The van der Waals surface area contributed by atoms with Crippen LogP contribution < -0.4 is 5.32 Å². The smallest absolute Gasteiger partial charge is 0.151 e. The fraction of sp³-hybridized carbons (Fsp3) is 0.900. The van der Waals surface area contributed by atoms with E-state index in [0.29, 0.717) is 18.4 Å². The van der Waals surface area contributed by atoms with E-state index in [1.165, 1.54) is 0 Å². The van der Waals surface area contributed by atoms with Crippen molar-refractivity contribution in [3.63, 3.8) is 0 Å². The van der Waals surface area contributed by atoms with Gasteiger partial charge in [0, 0.05) is 18.5 Å². The number of ketones is 1. The Bertz CT molecular complexity index is 180. The standard InChI is InChI=1S/C10H20N2O/c1-8(2)11-6-10(13)9-4-5-12(3)7-9/h8-9,11H,4-7H2,1-3H3. The highest BCUT2D eigenvalue weighted by Gasteiger charge is 2.25. The summed E-state index contributed by atoms with van der Waals surface area (Å²) in [5.41, 5.74) is 0. The van der Waals surface area contributed by atoms with Crippen LogP contribution in [-0.4, -0.2) is 43.4 Å². The Morgan fingerprint density at radius 2 is 2.31 bits per heavy atom. The SMILES string of the molecule is CC(C)NCC(=O)C1CCN(C)C1. The molecule has 1 unspecified atom stereocenters. The minimum Gasteiger partial charge on any atom is -0.308 e. The second-order valence-corrected chi connectivity index (χ2v) is 4.25. The lowest BCUT2D eigenvalue weighted by Gasteiger charge is -2.11. The van der Waals surface area contributed by atoms with Crippen LogP contribution in [0, 0.1) is 5.92 Å². The molecule has 0 radical (unpaired) electrons. The third-order valence-corrected chi connectivity index (χ3v) is 2.53. The number of carbonyl (C=O) groups is 1. The van der Waals surface area contributed by atoms with Crippen LogP contribution >= 0.6 is 0 Å². The van der Waals surface area contributed by atoms with Crippen LogP contribution in [0.15, 0.2) is 0 Å². The number of hydrogen-bond donors (Lipinski definition) is 1. The number of nitrogens with one attached hydrogen (secondary N) is 1. The third kappa shape index (κ3) is 3.44. The van der Waals surface area contributed by atoms with E-state index < -0.39 is 0 Å². The fourth-order valence-electron chi connectivity index (χ4n) is 1.65. The Morgan fingerprint density at radius 1 is 1.62 bits per heavy atom. The van der Waals surface area contributed by atoms with Crippen LogP contribution in [0.5, 0.6) is 0 Å². The molecule has 13 heavy (non-hydrogen) atoms. The number of hydrogen-bond acceptors (Lipinski definition) is 3. The van der Waals surface area contributed by atoms with E-state index >= 15 is 0 Å². The van der Waals surface area contributed by atoms with Crippen LogP contribution in [-0.2, 0) is 4.79 Å². The normalized spacial score (nSPS) is 24.2. The van der Waals surface area contributed by atoms with Crippen molar-refractivity contribution in [3.8, 4) is 0 Å². The molecule has 0 saturated carbocycles. The molecule has 0 aromatic heterocycles. The van der Waals surface area contributed by atoms with Crippen molar-refractivity contribution in [1.29, 1.82) is 0 Å². The van der Waals surface area contributed by atoms with E-state index in [9.17, 15) is 4.79 Å². The van der Waals surface area contributed by atoms with Crippen LogP contribution in [0.1, 0.15) is 20.3 Å². The largest absolute Gasteiger partial charge is 0.308 e.